The lowest BCUT2D eigenvalue weighted by Gasteiger charge is -2.45. The van der Waals surface area contributed by atoms with Crippen LogP contribution < -0.4 is 14.4 Å². The molecule has 16 rings (SSSR count). The molecule has 0 amide bonds. The summed E-state index contributed by atoms with van der Waals surface area (Å²) in [5.41, 5.74) is 21.1. The van der Waals surface area contributed by atoms with Gasteiger partial charge in [-0.1, -0.05) is 212 Å². The van der Waals surface area contributed by atoms with Gasteiger partial charge in [0.2, 0.25) is 0 Å². The number of rotatable bonds is 5. The van der Waals surface area contributed by atoms with Crippen molar-refractivity contribution in [3.8, 4) is 34.1 Å². The van der Waals surface area contributed by atoms with Gasteiger partial charge < -0.3 is 14.4 Å². The zero-order valence-electron chi connectivity index (χ0n) is 41.1. The smallest absolute Gasteiger partial charge is 0.132 e. The molecule has 0 aromatic heterocycles. The molecule has 0 saturated heterocycles. The Morgan fingerprint density at radius 3 is 1.57 bits per heavy atom. The molecule has 2 spiro atoms. The number of fused-ring (bicyclic) bond motifs is 19. The summed E-state index contributed by atoms with van der Waals surface area (Å²) in [7, 11) is 0. The van der Waals surface area contributed by atoms with Crippen LogP contribution in [-0.2, 0) is 10.8 Å². The van der Waals surface area contributed by atoms with E-state index in [0.717, 1.165) is 57.6 Å². The average molecular weight is 960 g/mol. The molecular weight excluding hydrogens is 911 g/mol. The average Bonchev–Trinajstić information content (AvgIpc) is 3.98. The van der Waals surface area contributed by atoms with Crippen molar-refractivity contribution in [3.63, 3.8) is 0 Å². The maximum Gasteiger partial charge on any atom is 0.132 e. The highest BCUT2D eigenvalue weighted by atomic mass is 16.5. The van der Waals surface area contributed by atoms with Crippen molar-refractivity contribution in [1.82, 2.24) is 0 Å². The van der Waals surface area contributed by atoms with Crippen molar-refractivity contribution in [2.45, 2.75) is 23.2 Å². The second-order valence-corrected chi connectivity index (χ2v) is 20.9. The predicted octanol–water partition coefficient (Wildman–Crippen LogP) is 17.6. The molecule has 9 aromatic rings. The third kappa shape index (κ3) is 5.92. The topological polar surface area (TPSA) is 21.7 Å². The first-order valence-corrected chi connectivity index (χ1v) is 26.4. The van der Waals surface area contributed by atoms with Gasteiger partial charge in [0.15, 0.2) is 0 Å². The molecule has 0 saturated carbocycles. The van der Waals surface area contributed by atoms with E-state index in [9.17, 15) is 0 Å². The second-order valence-electron chi connectivity index (χ2n) is 20.9. The van der Waals surface area contributed by atoms with E-state index >= 15 is 0 Å². The standard InChI is InChI=1S/C72H49NO2/c1-2-16-46(17-3-1)47-30-32-48(33-31-47)49-34-37-51(38-35-49)73(53-40-43-57-55-18-4-6-20-59(55)71(65(57)45-53)61-22-8-12-26-66(61)74-67-27-13-9-23-62(67)71)52-39-42-54-50(44-52)36-41-58-56-19-5-7-21-60(56)72(70(54)58)63-24-10-14-28-68(63)75-69-29-15-11-25-64(69)72/h1-30,32-45,47,50,54H,31H2. The minimum absolute atomic E-state index is 0.0771. The number of hydrogen-bond donors (Lipinski definition) is 0. The molecule has 2 aliphatic heterocycles. The third-order valence-corrected chi connectivity index (χ3v) is 17.3. The van der Waals surface area contributed by atoms with Crippen molar-refractivity contribution in [2.75, 3.05) is 4.90 Å². The molecular formula is C72H49NO2. The van der Waals surface area contributed by atoms with Gasteiger partial charge in [0, 0.05) is 57.1 Å². The van der Waals surface area contributed by atoms with Crippen molar-refractivity contribution < 1.29 is 9.47 Å². The Balaban J connectivity index is 0.859. The van der Waals surface area contributed by atoms with Gasteiger partial charge in [0.05, 0.1) is 10.8 Å². The van der Waals surface area contributed by atoms with Crippen LogP contribution in [0.15, 0.2) is 278 Å². The second kappa shape index (κ2) is 16.2. The fourth-order valence-electron chi connectivity index (χ4n) is 14.2. The molecule has 3 atom stereocenters. The van der Waals surface area contributed by atoms with Gasteiger partial charge >= 0.3 is 0 Å². The van der Waals surface area contributed by atoms with Crippen LogP contribution in [-0.4, -0.2) is 0 Å². The zero-order chi connectivity index (χ0) is 49.2. The largest absolute Gasteiger partial charge is 0.457 e. The van der Waals surface area contributed by atoms with E-state index in [2.05, 4.69) is 272 Å². The van der Waals surface area contributed by atoms with E-state index in [4.69, 9.17) is 9.47 Å². The van der Waals surface area contributed by atoms with Crippen LogP contribution in [0.2, 0.25) is 0 Å². The summed E-state index contributed by atoms with van der Waals surface area (Å²) in [6.07, 6.45) is 20.4. The van der Waals surface area contributed by atoms with Crippen molar-refractivity contribution >= 4 is 22.5 Å². The molecule has 0 fully saturated rings. The summed E-state index contributed by atoms with van der Waals surface area (Å²) in [4.78, 5) is 2.50. The van der Waals surface area contributed by atoms with E-state index < -0.39 is 10.8 Å². The quantitative estimate of drug-likeness (QED) is 0.172. The number of nitrogens with zero attached hydrogens (tertiary/aromatic N) is 1. The molecule has 3 heteroatoms. The molecule has 2 heterocycles. The molecule has 0 bridgehead atoms. The van der Waals surface area contributed by atoms with E-state index in [1.807, 2.05) is 0 Å². The summed E-state index contributed by atoms with van der Waals surface area (Å²) in [6.45, 7) is 0. The summed E-state index contributed by atoms with van der Waals surface area (Å²) >= 11 is 0. The van der Waals surface area contributed by atoms with Gasteiger partial charge in [0.1, 0.15) is 23.0 Å². The zero-order valence-corrected chi connectivity index (χ0v) is 41.1. The molecule has 3 unspecified atom stereocenters. The number of hydrogen-bond acceptors (Lipinski definition) is 3. The van der Waals surface area contributed by atoms with Crippen LogP contribution in [0.25, 0.3) is 22.3 Å². The minimum Gasteiger partial charge on any atom is -0.457 e. The highest BCUT2D eigenvalue weighted by Gasteiger charge is 2.56. The number of allylic oxidation sites excluding steroid dienone is 11. The fourth-order valence-corrected chi connectivity index (χ4v) is 14.2. The fraction of sp³-hybridized carbons (Fsp3) is 0.0833. The third-order valence-electron chi connectivity index (χ3n) is 17.3. The van der Waals surface area contributed by atoms with E-state index in [1.54, 1.807) is 0 Å². The first-order chi connectivity index (χ1) is 37.2. The summed E-state index contributed by atoms with van der Waals surface area (Å²) < 4.78 is 13.5. The number of para-hydroxylation sites is 4. The van der Waals surface area contributed by atoms with Crippen LogP contribution in [0.1, 0.15) is 68.0 Å². The Morgan fingerprint density at radius 2 is 0.947 bits per heavy atom. The Hall–Kier alpha value is -9.18. The van der Waals surface area contributed by atoms with Gasteiger partial charge in [-0.25, -0.2) is 0 Å². The Labute approximate surface area is 437 Å². The Morgan fingerprint density at radius 1 is 0.413 bits per heavy atom. The predicted molar refractivity (Wildman–Crippen MR) is 303 cm³/mol. The number of ether oxygens (including phenoxy) is 2. The molecule has 3 nitrogen and oxygen atoms in total. The van der Waals surface area contributed by atoms with Gasteiger partial charge in [-0.15, -0.1) is 0 Å². The molecule has 7 aliphatic rings. The van der Waals surface area contributed by atoms with E-state index in [1.165, 1.54) is 72.4 Å². The van der Waals surface area contributed by atoms with Crippen LogP contribution >= 0.6 is 0 Å². The maximum absolute atomic E-state index is 6.75. The highest BCUT2D eigenvalue weighted by Crippen LogP contribution is 2.66. The van der Waals surface area contributed by atoms with Crippen molar-refractivity contribution in [1.29, 1.82) is 0 Å². The monoisotopic (exact) mass is 959 g/mol. The van der Waals surface area contributed by atoms with E-state index in [0.29, 0.717) is 5.92 Å². The summed E-state index contributed by atoms with van der Waals surface area (Å²) in [6, 6.07) is 80.0. The van der Waals surface area contributed by atoms with Gasteiger partial charge in [-0.3, -0.25) is 0 Å². The van der Waals surface area contributed by atoms with Crippen LogP contribution in [0, 0.1) is 11.8 Å². The summed E-state index contributed by atoms with van der Waals surface area (Å²) in [5, 5.41) is 0. The molecule has 75 heavy (non-hydrogen) atoms. The van der Waals surface area contributed by atoms with Gasteiger partial charge in [-0.05, 0) is 122 Å². The molecule has 354 valence electrons. The van der Waals surface area contributed by atoms with Crippen molar-refractivity contribution in [2.24, 2.45) is 11.8 Å². The molecule has 0 radical (unpaired) electrons. The molecule has 0 N–H and O–H groups in total. The SMILES string of the molecule is C1=CC(c2ccccc2)CC=C1c1ccc(N(C2=CC3C=CC4=C(C3C=C2)C2(c3ccccc3Oc3ccccc32)c2ccccc24)c2ccc3c(c2)C2(c4ccccc4Oc4ccccc42)c2ccccc2-3)cc1. The number of anilines is 2. The number of benzene rings is 9. The molecule has 5 aliphatic carbocycles. The molecule has 9 aromatic carbocycles. The van der Waals surface area contributed by atoms with Crippen molar-refractivity contribution in [3.05, 3.63) is 334 Å². The normalized spacial score (nSPS) is 19.7. The van der Waals surface area contributed by atoms with Gasteiger partial charge in [0.25, 0.3) is 0 Å². The van der Waals surface area contributed by atoms with E-state index in [-0.39, 0.29) is 11.8 Å². The lowest BCUT2D eigenvalue weighted by atomic mass is 9.59. The highest BCUT2D eigenvalue weighted by molar-refractivity contribution is 5.94. The first kappa shape index (κ1) is 42.3. The van der Waals surface area contributed by atoms with Crippen LogP contribution in [0.5, 0.6) is 23.0 Å². The van der Waals surface area contributed by atoms with Gasteiger partial charge in [-0.2, -0.15) is 0 Å². The maximum atomic E-state index is 6.75. The first-order valence-electron chi connectivity index (χ1n) is 26.4. The lowest BCUT2D eigenvalue weighted by Crippen LogP contribution is -2.38. The Bertz CT molecular complexity index is 3980. The minimum atomic E-state index is -0.598. The van der Waals surface area contributed by atoms with Crippen LogP contribution in [0.3, 0.4) is 0 Å². The lowest BCUT2D eigenvalue weighted by molar-refractivity contribution is 0.422. The Kier molecular flexibility index (Phi) is 9.12. The van der Waals surface area contributed by atoms with Crippen LogP contribution in [0.4, 0.5) is 11.4 Å². The summed E-state index contributed by atoms with van der Waals surface area (Å²) in [5.74, 6) is 4.15.